The SMILES string of the molecule is COc1ccccc1/C=N\N(CCOC(=O)c1ccc(Cl)cc1)C1=NS(=O)(=O)c2ccccc21. The van der Waals surface area contributed by atoms with Gasteiger partial charge in [-0.3, -0.25) is 0 Å². The monoisotopic (exact) mass is 497 g/mol. The van der Waals surface area contributed by atoms with E-state index < -0.39 is 16.0 Å². The lowest BCUT2D eigenvalue weighted by Gasteiger charge is -2.19. The highest BCUT2D eigenvalue weighted by Gasteiger charge is 2.31. The Kier molecular flexibility index (Phi) is 6.95. The van der Waals surface area contributed by atoms with E-state index in [1.807, 2.05) is 18.2 Å². The summed E-state index contributed by atoms with van der Waals surface area (Å²) in [6.07, 6.45) is 1.54. The van der Waals surface area contributed by atoms with Crippen molar-refractivity contribution in [3.05, 3.63) is 94.5 Å². The molecule has 174 valence electrons. The summed E-state index contributed by atoms with van der Waals surface area (Å²) in [5.41, 5.74) is 1.45. The highest BCUT2D eigenvalue weighted by Crippen LogP contribution is 2.27. The van der Waals surface area contributed by atoms with Crippen LogP contribution in [0.25, 0.3) is 0 Å². The first-order valence-electron chi connectivity index (χ1n) is 10.2. The first-order chi connectivity index (χ1) is 16.4. The van der Waals surface area contributed by atoms with E-state index in [1.54, 1.807) is 55.6 Å². The number of ether oxygens (including phenoxy) is 2. The Morgan fingerprint density at radius 3 is 2.53 bits per heavy atom. The minimum Gasteiger partial charge on any atom is -0.496 e. The molecule has 0 saturated heterocycles. The largest absolute Gasteiger partial charge is 0.496 e. The summed E-state index contributed by atoms with van der Waals surface area (Å²) in [6.45, 7) is -0.000372. The zero-order valence-electron chi connectivity index (χ0n) is 18.1. The molecule has 0 amide bonds. The van der Waals surface area contributed by atoms with Crippen LogP contribution in [-0.4, -0.2) is 51.7 Å². The summed E-state index contributed by atoms with van der Waals surface area (Å²) in [5, 5.41) is 6.36. The van der Waals surface area contributed by atoms with E-state index >= 15 is 0 Å². The average molecular weight is 498 g/mol. The molecule has 0 bridgehead atoms. The van der Waals surface area contributed by atoms with Gasteiger partial charge in [0.05, 0.1) is 25.4 Å². The van der Waals surface area contributed by atoms with Crippen LogP contribution in [-0.2, 0) is 14.8 Å². The smallest absolute Gasteiger partial charge is 0.338 e. The van der Waals surface area contributed by atoms with Crippen LogP contribution in [0.1, 0.15) is 21.5 Å². The molecule has 0 unspecified atom stereocenters. The van der Waals surface area contributed by atoms with Crippen LogP contribution >= 0.6 is 11.6 Å². The van der Waals surface area contributed by atoms with Crippen molar-refractivity contribution in [1.29, 1.82) is 0 Å². The maximum Gasteiger partial charge on any atom is 0.338 e. The zero-order valence-corrected chi connectivity index (χ0v) is 19.7. The Morgan fingerprint density at radius 1 is 1.06 bits per heavy atom. The molecule has 0 aliphatic carbocycles. The van der Waals surface area contributed by atoms with E-state index in [9.17, 15) is 13.2 Å². The lowest BCUT2D eigenvalue weighted by atomic mass is 10.2. The molecule has 1 aliphatic rings. The first kappa shape index (κ1) is 23.5. The van der Waals surface area contributed by atoms with Crippen molar-refractivity contribution in [3.63, 3.8) is 0 Å². The molecule has 3 aromatic carbocycles. The number of rotatable bonds is 7. The highest BCUT2D eigenvalue weighted by molar-refractivity contribution is 7.90. The number of carbonyl (C=O) groups is 1. The quantitative estimate of drug-likeness (QED) is 0.278. The standard InChI is InChI=1S/C24H20ClN3O5S/c1-32-21-8-4-2-6-18(21)16-26-28(14-15-33-24(29)17-10-12-19(25)13-11-17)23-20-7-3-5-9-22(20)34(30,31)27-23/h2-13,16H,14-15H2,1H3/b26-16-. The Hall–Kier alpha value is -3.69. The summed E-state index contributed by atoms with van der Waals surface area (Å²) in [4.78, 5) is 12.5. The van der Waals surface area contributed by atoms with Crippen LogP contribution in [0.4, 0.5) is 0 Å². The van der Waals surface area contributed by atoms with Crippen molar-refractivity contribution >= 4 is 39.6 Å². The third kappa shape index (κ3) is 5.11. The molecule has 34 heavy (non-hydrogen) atoms. The molecule has 0 saturated carbocycles. The van der Waals surface area contributed by atoms with E-state index in [4.69, 9.17) is 21.1 Å². The number of amidine groups is 1. The molecule has 8 nitrogen and oxygen atoms in total. The van der Waals surface area contributed by atoms with E-state index in [0.29, 0.717) is 27.5 Å². The van der Waals surface area contributed by atoms with Gasteiger partial charge in [-0.2, -0.15) is 13.5 Å². The van der Waals surface area contributed by atoms with Gasteiger partial charge in [0, 0.05) is 16.1 Å². The van der Waals surface area contributed by atoms with Gasteiger partial charge in [0.15, 0.2) is 5.84 Å². The van der Waals surface area contributed by atoms with Crippen LogP contribution in [0, 0.1) is 0 Å². The predicted octanol–water partition coefficient (Wildman–Crippen LogP) is 3.99. The lowest BCUT2D eigenvalue weighted by Crippen LogP contribution is -2.30. The van der Waals surface area contributed by atoms with Gasteiger partial charge in [-0.1, -0.05) is 35.9 Å². The maximum absolute atomic E-state index is 12.6. The molecule has 0 atom stereocenters. The summed E-state index contributed by atoms with van der Waals surface area (Å²) in [5.74, 6) is 0.206. The number of halogens is 1. The molecular formula is C24H20ClN3O5S. The number of sulfonamides is 1. The van der Waals surface area contributed by atoms with Gasteiger partial charge in [-0.15, -0.1) is 4.40 Å². The van der Waals surface area contributed by atoms with Gasteiger partial charge in [0.25, 0.3) is 10.0 Å². The Bertz CT molecular complexity index is 1370. The second kappa shape index (κ2) is 10.1. The van der Waals surface area contributed by atoms with Crippen LogP contribution in [0.15, 0.2) is 87.2 Å². The number of methoxy groups -OCH3 is 1. The van der Waals surface area contributed by atoms with Crippen molar-refractivity contribution in [1.82, 2.24) is 5.01 Å². The Labute approximate surface area is 202 Å². The fourth-order valence-electron chi connectivity index (χ4n) is 3.29. The van der Waals surface area contributed by atoms with Crippen molar-refractivity contribution in [2.75, 3.05) is 20.3 Å². The lowest BCUT2D eigenvalue weighted by molar-refractivity contribution is 0.0487. The number of benzene rings is 3. The molecule has 3 aromatic rings. The Balaban J connectivity index is 1.59. The van der Waals surface area contributed by atoms with Crippen LogP contribution in [0.3, 0.4) is 0 Å². The summed E-state index contributed by atoms with van der Waals surface area (Å²) in [7, 11) is -2.31. The van der Waals surface area contributed by atoms with Crippen LogP contribution in [0.2, 0.25) is 5.02 Å². The van der Waals surface area contributed by atoms with E-state index in [1.165, 1.54) is 17.3 Å². The van der Waals surface area contributed by atoms with E-state index in [-0.39, 0.29) is 23.9 Å². The fourth-order valence-corrected chi connectivity index (χ4v) is 4.62. The van der Waals surface area contributed by atoms with Gasteiger partial charge in [0.2, 0.25) is 0 Å². The topological polar surface area (TPSA) is 97.6 Å². The predicted molar refractivity (Wildman–Crippen MR) is 129 cm³/mol. The molecule has 0 fully saturated rings. The number of carbonyl (C=O) groups excluding carboxylic acids is 1. The number of fused-ring (bicyclic) bond motifs is 1. The van der Waals surface area contributed by atoms with Crippen LogP contribution < -0.4 is 4.74 Å². The number of hydrazone groups is 1. The van der Waals surface area contributed by atoms with Crippen molar-refractivity contribution in [2.45, 2.75) is 4.90 Å². The third-order valence-corrected chi connectivity index (χ3v) is 6.53. The molecule has 0 radical (unpaired) electrons. The molecule has 4 rings (SSSR count). The molecule has 0 N–H and O–H groups in total. The average Bonchev–Trinajstić information content (AvgIpc) is 3.12. The van der Waals surface area contributed by atoms with Gasteiger partial charge in [0.1, 0.15) is 17.3 Å². The number of para-hydroxylation sites is 1. The van der Waals surface area contributed by atoms with E-state index in [0.717, 1.165) is 0 Å². The van der Waals surface area contributed by atoms with Gasteiger partial charge >= 0.3 is 5.97 Å². The molecule has 10 heteroatoms. The second-order valence-corrected chi connectivity index (χ2v) is 9.15. The minimum atomic E-state index is -3.86. The Morgan fingerprint density at radius 2 is 1.76 bits per heavy atom. The number of hydrogen-bond donors (Lipinski definition) is 0. The molecule has 0 aromatic heterocycles. The van der Waals surface area contributed by atoms with Gasteiger partial charge in [-0.25, -0.2) is 9.80 Å². The molecular weight excluding hydrogens is 478 g/mol. The second-order valence-electron chi connectivity index (χ2n) is 7.14. The molecule has 1 heterocycles. The summed E-state index contributed by atoms with van der Waals surface area (Å²) >= 11 is 5.86. The van der Waals surface area contributed by atoms with Gasteiger partial charge in [-0.05, 0) is 48.5 Å². The summed E-state index contributed by atoms with van der Waals surface area (Å²) in [6, 6.07) is 20.1. The number of nitrogens with zero attached hydrogens (tertiary/aromatic N) is 3. The number of hydrogen-bond acceptors (Lipinski definition) is 7. The van der Waals surface area contributed by atoms with Crippen molar-refractivity contribution in [2.24, 2.45) is 9.50 Å². The zero-order chi connectivity index (χ0) is 24.1. The third-order valence-electron chi connectivity index (χ3n) is 4.95. The van der Waals surface area contributed by atoms with Crippen LogP contribution in [0.5, 0.6) is 5.75 Å². The molecule has 0 spiro atoms. The molecule has 1 aliphatic heterocycles. The van der Waals surface area contributed by atoms with E-state index in [2.05, 4.69) is 9.50 Å². The normalized spacial score (nSPS) is 13.9. The van der Waals surface area contributed by atoms with Gasteiger partial charge < -0.3 is 9.47 Å². The van der Waals surface area contributed by atoms with Crippen molar-refractivity contribution in [3.8, 4) is 5.75 Å². The first-order valence-corrected chi connectivity index (χ1v) is 12.0. The van der Waals surface area contributed by atoms with Crippen molar-refractivity contribution < 1.29 is 22.7 Å². The number of esters is 1. The minimum absolute atomic E-state index is 0.0632. The highest BCUT2D eigenvalue weighted by atomic mass is 35.5. The summed E-state index contributed by atoms with van der Waals surface area (Å²) < 4.78 is 39.7. The maximum atomic E-state index is 12.6. The fraction of sp³-hybridized carbons (Fsp3) is 0.125.